The molecular formula is C20H18F4N2O6. The fourth-order valence-corrected chi connectivity index (χ4v) is 2.92. The Morgan fingerprint density at radius 2 is 1.84 bits per heavy atom. The normalized spacial score (nSPS) is 13.0. The highest BCUT2D eigenvalue weighted by Crippen LogP contribution is 2.28. The number of fused-ring (bicyclic) bond motifs is 1. The molecule has 0 spiro atoms. The maximum atomic E-state index is 13.0. The molecule has 1 aromatic carbocycles. The van der Waals surface area contributed by atoms with Crippen LogP contribution in [0.3, 0.4) is 0 Å². The number of aliphatic carboxylic acids is 1. The molecule has 172 valence electrons. The van der Waals surface area contributed by atoms with Gasteiger partial charge in [0, 0.05) is 13.1 Å². The average Bonchev–Trinajstić information content (AvgIpc) is 2.71. The SMILES string of the molecule is CCOC(=O)c1[nH+]cc(O)c2c1CCN(Cc1ccc(F)cc1)C2=O.O=C([O-])C(F)(F)F. The van der Waals surface area contributed by atoms with E-state index in [2.05, 4.69) is 4.98 Å². The second-order valence-corrected chi connectivity index (χ2v) is 6.51. The summed E-state index contributed by atoms with van der Waals surface area (Å²) in [7, 11) is 0. The zero-order valence-corrected chi connectivity index (χ0v) is 16.7. The van der Waals surface area contributed by atoms with Gasteiger partial charge in [-0.05, 0) is 31.0 Å². The Kier molecular flexibility index (Phi) is 7.73. The first-order chi connectivity index (χ1) is 15.0. The number of halogens is 4. The van der Waals surface area contributed by atoms with E-state index in [4.69, 9.17) is 14.6 Å². The number of hydrogen-bond donors (Lipinski definition) is 1. The van der Waals surface area contributed by atoms with Crippen LogP contribution in [-0.2, 0) is 22.5 Å². The van der Waals surface area contributed by atoms with Gasteiger partial charge in [0.05, 0.1) is 17.7 Å². The Hall–Kier alpha value is -3.70. The largest absolute Gasteiger partial charge is 0.542 e. The number of pyridine rings is 1. The Morgan fingerprint density at radius 1 is 1.25 bits per heavy atom. The molecule has 1 amide bonds. The predicted molar refractivity (Wildman–Crippen MR) is 96.5 cm³/mol. The van der Waals surface area contributed by atoms with Gasteiger partial charge in [-0.25, -0.2) is 14.2 Å². The average molecular weight is 458 g/mol. The molecule has 0 aliphatic carbocycles. The molecule has 2 N–H and O–H groups in total. The number of hydrogen-bond acceptors (Lipinski definition) is 6. The van der Waals surface area contributed by atoms with E-state index in [1.807, 2.05) is 0 Å². The van der Waals surface area contributed by atoms with E-state index in [0.29, 0.717) is 25.1 Å². The summed E-state index contributed by atoms with van der Waals surface area (Å²) in [5.41, 5.74) is 1.53. The van der Waals surface area contributed by atoms with Gasteiger partial charge in [-0.3, -0.25) is 4.79 Å². The molecule has 1 aliphatic rings. The Morgan fingerprint density at radius 3 is 2.38 bits per heavy atom. The lowest BCUT2D eigenvalue weighted by Gasteiger charge is -2.28. The number of esters is 1. The molecule has 1 aromatic heterocycles. The van der Waals surface area contributed by atoms with Crippen LogP contribution in [0.25, 0.3) is 0 Å². The van der Waals surface area contributed by atoms with Crippen molar-refractivity contribution in [3.05, 3.63) is 58.7 Å². The third kappa shape index (κ3) is 5.93. The second-order valence-electron chi connectivity index (χ2n) is 6.51. The summed E-state index contributed by atoms with van der Waals surface area (Å²) in [6.07, 6.45) is -3.58. The Bertz CT molecular complexity index is 1010. The summed E-state index contributed by atoms with van der Waals surface area (Å²) < 4.78 is 49.6. The summed E-state index contributed by atoms with van der Waals surface area (Å²) in [6.45, 7) is 2.59. The number of ether oxygens (including phenoxy) is 1. The van der Waals surface area contributed by atoms with Crippen molar-refractivity contribution in [1.82, 2.24) is 4.90 Å². The van der Waals surface area contributed by atoms with Gasteiger partial charge in [0.1, 0.15) is 11.8 Å². The van der Waals surface area contributed by atoms with E-state index in [-0.39, 0.29) is 35.3 Å². The molecule has 2 heterocycles. The van der Waals surface area contributed by atoms with Crippen LogP contribution in [-0.4, -0.2) is 47.2 Å². The quantitative estimate of drug-likeness (QED) is 0.540. The lowest BCUT2D eigenvalue weighted by molar-refractivity contribution is -0.385. The number of carbonyl (C=O) groups excluding carboxylic acids is 3. The number of nitrogens with one attached hydrogen (secondary N) is 1. The highest BCUT2D eigenvalue weighted by atomic mass is 19.4. The third-order valence-electron chi connectivity index (χ3n) is 4.34. The van der Waals surface area contributed by atoms with E-state index in [9.17, 15) is 32.3 Å². The van der Waals surface area contributed by atoms with E-state index in [0.717, 1.165) is 5.56 Å². The Labute approximate surface area is 179 Å². The lowest BCUT2D eigenvalue weighted by Crippen LogP contribution is -2.39. The van der Waals surface area contributed by atoms with Crippen molar-refractivity contribution in [2.75, 3.05) is 13.2 Å². The number of aromatic nitrogens is 1. The molecule has 12 heteroatoms. The first-order valence-electron chi connectivity index (χ1n) is 9.21. The van der Waals surface area contributed by atoms with E-state index < -0.39 is 18.1 Å². The van der Waals surface area contributed by atoms with Crippen LogP contribution >= 0.6 is 0 Å². The number of nitrogens with zero attached hydrogens (tertiary/aromatic N) is 1. The van der Waals surface area contributed by atoms with Crippen LogP contribution in [0.15, 0.2) is 30.5 Å². The standard InChI is InChI=1S/C18H17FN2O4.C2HF3O2/c1-2-25-18(24)16-13-7-8-21(10-11-3-5-12(19)6-4-11)17(23)15(13)14(22)9-20-16;3-2(4,5)1(6)7/h3-6,9,22H,2,7-8,10H2,1H3;(H,6,7). The Balaban J connectivity index is 0.000000451. The fourth-order valence-electron chi connectivity index (χ4n) is 2.92. The molecule has 3 rings (SSSR count). The van der Waals surface area contributed by atoms with E-state index in [1.165, 1.54) is 18.3 Å². The number of benzene rings is 1. The summed E-state index contributed by atoms with van der Waals surface area (Å²) >= 11 is 0. The number of aromatic amines is 1. The fraction of sp³-hybridized carbons (Fsp3) is 0.300. The topological polar surface area (TPSA) is 121 Å². The van der Waals surface area contributed by atoms with Crippen molar-refractivity contribution in [2.45, 2.75) is 26.1 Å². The first-order valence-corrected chi connectivity index (χ1v) is 9.21. The monoisotopic (exact) mass is 458 g/mol. The molecule has 0 saturated carbocycles. The molecule has 0 unspecified atom stereocenters. The van der Waals surface area contributed by atoms with Gasteiger partial charge >= 0.3 is 12.1 Å². The van der Waals surface area contributed by atoms with Gasteiger partial charge in [-0.2, -0.15) is 13.2 Å². The number of carboxylic acids is 1. The van der Waals surface area contributed by atoms with Gasteiger partial charge in [-0.15, -0.1) is 0 Å². The van der Waals surface area contributed by atoms with Crippen molar-refractivity contribution < 1.29 is 51.9 Å². The maximum Gasteiger partial charge on any atom is 0.430 e. The minimum absolute atomic E-state index is 0.107. The summed E-state index contributed by atoms with van der Waals surface area (Å²) in [4.78, 5) is 37.9. The van der Waals surface area contributed by atoms with E-state index >= 15 is 0 Å². The van der Waals surface area contributed by atoms with E-state index in [1.54, 1.807) is 24.0 Å². The van der Waals surface area contributed by atoms with Crippen molar-refractivity contribution in [3.63, 3.8) is 0 Å². The van der Waals surface area contributed by atoms with Crippen LogP contribution < -0.4 is 10.1 Å². The summed E-state index contributed by atoms with van der Waals surface area (Å²) in [5.74, 6) is -4.49. The molecule has 2 aromatic rings. The molecule has 8 nitrogen and oxygen atoms in total. The van der Waals surface area contributed by atoms with Crippen molar-refractivity contribution >= 4 is 17.8 Å². The zero-order chi connectivity index (χ0) is 24.1. The number of rotatable bonds is 4. The maximum absolute atomic E-state index is 13.0. The van der Waals surface area contributed by atoms with Crippen molar-refractivity contribution in [2.24, 2.45) is 0 Å². The molecule has 32 heavy (non-hydrogen) atoms. The molecule has 0 saturated heterocycles. The van der Waals surface area contributed by atoms with Crippen LogP contribution in [0.4, 0.5) is 17.6 Å². The number of aromatic hydroxyl groups is 1. The number of alkyl halides is 3. The van der Waals surface area contributed by atoms with Crippen molar-refractivity contribution in [3.8, 4) is 5.75 Å². The van der Waals surface area contributed by atoms with Gasteiger partial charge in [-0.1, -0.05) is 12.1 Å². The number of carboxylic acid groups (broad SMARTS) is 1. The van der Waals surface area contributed by atoms with Crippen molar-refractivity contribution in [1.29, 1.82) is 0 Å². The van der Waals surface area contributed by atoms with Crippen LogP contribution in [0.1, 0.15) is 38.9 Å². The first kappa shape index (κ1) is 24.6. The summed E-state index contributed by atoms with van der Waals surface area (Å²) in [5, 5.41) is 18.9. The highest BCUT2D eigenvalue weighted by molar-refractivity contribution is 6.01. The number of amides is 1. The minimum Gasteiger partial charge on any atom is -0.542 e. The molecule has 0 bridgehead atoms. The second kappa shape index (κ2) is 10.1. The van der Waals surface area contributed by atoms with Gasteiger partial charge in [0.2, 0.25) is 6.20 Å². The van der Waals surface area contributed by atoms with Crippen LogP contribution in [0.5, 0.6) is 5.75 Å². The molecule has 0 radical (unpaired) electrons. The smallest absolute Gasteiger partial charge is 0.430 e. The van der Waals surface area contributed by atoms with Gasteiger partial charge in [0.15, 0.2) is 5.75 Å². The molecular weight excluding hydrogens is 440 g/mol. The number of H-pyrrole nitrogens is 1. The van der Waals surface area contributed by atoms with Gasteiger partial charge in [0.25, 0.3) is 11.6 Å². The molecule has 0 atom stereocenters. The lowest BCUT2D eigenvalue weighted by atomic mass is 9.96. The van der Waals surface area contributed by atoms with Gasteiger partial charge < -0.3 is 24.6 Å². The zero-order valence-electron chi connectivity index (χ0n) is 16.7. The third-order valence-corrected chi connectivity index (χ3v) is 4.34. The van der Waals surface area contributed by atoms with Crippen LogP contribution in [0.2, 0.25) is 0 Å². The highest BCUT2D eigenvalue weighted by Gasteiger charge is 2.35. The minimum atomic E-state index is -5.19. The molecule has 0 fully saturated rings. The number of carbonyl (C=O) groups is 3. The van der Waals surface area contributed by atoms with Crippen LogP contribution in [0, 0.1) is 5.82 Å². The molecule has 1 aliphatic heterocycles. The predicted octanol–water partition coefficient (Wildman–Crippen LogP) is 1.02. The summed E-state index contributed by atoms with van der Waals surface area (Å²) in [6, 6.07) is 5.90.